The van der Waals surface area contributed by atoms with Crippen molar-refractivity contribution < 1.29 is 21.6 Å². The Hall–Kier alpha value is -2.10. The molecule has 2 aliphatic rings. The topological polar surface area (TPSA) is 84.0 Å². The minimum atomic E-state index is -3.68. The summed E-state index contributed by atoms with van der Waals surface area (Å²) < 4.78 is 58.9. The van der Waals surface area contributed by atoms with Gasteiger partial charge in [-0.15, -0.1) is 0 Å². The number of ether oxygens (including phenoxy) is 1. The highest BCUT2D eigenvalue weighted by molar-refractivity contribution is 7.92. The molecule has 0 radical (unpaired) electrons. The molecule has 1 saturated heterocycles. The van der Waals surface area contributed by atoms with Crippen LogP contribution in [0.25, 0.3) is 0 Å². The summed E-state index contributed by atoms with van der Waals surface area (Å²) >= 11 is 0. The predicted molar refractivity (Wildman–Crippen MR) is 120 cm³/mol. The van der Waals surface area contributed by atoms with Crippen molar-refractivity contribution in [3.8, 4) is 5.75 Å². The van der Waals surface area contributed by atoms with E-state index in [0.29, 0.717) is 38.2 Å². The molecule has 0 amide bonds. The number of piperidine rings is 1. The fourth-order valence-corrected chi connectivity index (χ4v) is 6.76. The van der Waals surface area contributed by atoms with E-state index in [2.05, 4.69) is 6.92 Å². The number of hydrogen-bond donors (Lipinski definition) is 0. The first-order valence-corrected chi connectivity index (χ1v) is 13.8. The lowest BCUT2D eigenvalue weighted by molar-refractivity contribution is 0.135. The maximum Gasteiger partial charge on any atom is 0.264 e. The predicted octanol–water partition coefficient (Wildman–Crippen LogP) is 2.88. The van der Waals surface area contributed by atoms with Gasteiger partial charge in [0.05, 0.1) is 16.8 Å². The van der Waals surface area contributed by atoms with Gasteiger partial charge in [0, 0.05) is 19.6 Å². The summed E-state index contributed by atoms with van der Waals surface area (Å²) in [4.78, 5) is 0.232. The zero-order chi connectivity index (χ0) is 22.2. The molecule has 0 aliphatic carbocycles. The fraction of sp³-hybridized carbons (Fsp3) is 0.455. The van der Waals surface area contributed by atoms with Crippen molar-refractivity contribution in [2.24, 2.45) is 5.92 Å². The number of benzene rings is 2. The van der Waals surface area contributed by atoms with Crippen LogP contribution < -0.4 is 9.04 Å². The van der Waals surface area contributed by atoms with Crippen LogP contribution in [0.2, 0.25) is 0 Å². The van der Waals surface area contributed by atoms with Gasteiger partial charge in [-0.25, -0.2) is 21.1 Å². The molecule has 31 heavy (non-hydrogen) atoms. The molecule has 4 rings (SSSR count). The fourth-order valence-electron chi connectivity index (χ4n) is 4.27. The highest BCUT2D eigenvalue weighted by Gasteiger charge is 2.32. The van der Waals surface area contributed by atoms with Crippen LogP contribution >= 0.6 is 0 Å². The first-order chi connectivity index (χ1) is 14.6. The van der Waals surface area contributed by atoms with Crippen molar-refractivity contribution in [3.05, 3.63) is 54.1 Å². The molecular weight excluding hydrogens is 436 g/mol. The molecule has 0 saturated carbocycles. The summed E-state index contributed by atoms with van der Waals surface area (Å²) in [6, 6.07) is 14.2. The molecule has 0 bridgehead atoms. The van der Waals surface area contributed by atoms with Gasteiger partial charge in [-0.05, 0) is 61.1 Å². The van der Waals surface area contributed by atoms with E-state index in [-0.39, 0.29) is 16.9 Å². The maximum absolute atomic E-state index is 13.3. The van der Waals surface area contributed by atoms with E-state index in [1.54, 1.807) is 24.3 Å². The maximum atomic E-state index is 13.3. The minimum absolute atomic E-state index is 0.0877. The number of hydrogen-bond acceptors (Lipinski definition) is 5. The number of para-hydroxylation sites is 1. The van der Waals surface area contributed by atoms with Gasteiger partial charge in [0.25, 0.3) is 10.0 Å². The molecule has 0 aromatic heterocycles. The Morgan fingerprint density at radius 2 is 1.58 bits per heavy atom. The van der Waals surface area contributed by atoms with E-state index in [4.69, 9.17) is 4.74 Å². The molecule has 2 aliphatic heterocycles. The van der Waals surface area contributed by atoms with Crippen LogP contribution in [0.1, 0.15) is 25.3 Å². The summed E-state index contributed by atoms with van der Waals surface area (Å²) in [7, 11) is -6.85. The quantitative estimate of drug-likeness (QED) is 0.679. The van der Waals surface area contributed by atoms with Gasteiger partial charge in [0.15, 0.2) is 0 Å². The zero-order valence-corrected chi connectivity index (χ0v) is 19.4. The third kappa shape index (κ3) is 4.73. The standard InChI is InChI=1S/C22H28N2O5S2/c1-17-15-18-5-3-4-6-22(18)24(16-17)31(27,28)21-9-7-19(8-10-21)29-20-11-13-23(14-12-20)30(2,25)26/h3-10,17,20H,11-16H2,1-2H3. The summed E-state index contributed by atoms with van der Waals surface area (Å²) in [5.41, 5.74) is 1.80. The number of sulfonamides is 2. The Labute approximate surface area is 184 Å². The van der Waals surface area contributed by atoms with Gasteiger partial charge in [0.2, 0.25) is 10.0 Å². The van der Waals surface area contributed by atoms with E-state index in [0.717, 1.165) is 17.7 Å². The number of rotatable bonds is 5. The lowest BCUT2D eigenvalue weighted by Gasteiger charge is -2.34. The molecule has 9 heteroatoms. The van der Waals surface area contributed by atoms with Crippen molar-refractivity contribution in [1.29, 1.82) is 0 Å². The summed E-state index contributed by atoms with van der Waals surface area (Å²) in [5.74, 6) is 0.828. The average Bonchev–Trinajstić information content (AvgIpc) is 2.73. The summed E-state index contributed by atoms with van der Waals surface area (Å²) in [6.45, 7) is 3.38. The number of anilines is 1. The van der Waals surface area contributed by atoms with Gasteiger partial charge >= 0.3 is 0 Å². The zero-order valence-electron chi connectivity index (χ0n) is 17.8. The van der Waals surface area contributed by atoms with Crippen molar-refractivity contribution in [3.63, 3.8) is 0 Å². The highest BCUT2D eigenvalue weighted by Crippen LogP contribution is 2.34. The first-order valence-electron chi connectivity index (χ1n) is 10.5. The molecule has 0 spiro atoms. The lowest BCUT2D eigenvalue weighted by atomic mass is 9.96. The van der Waals surface area contributed by atoms with Gasteiger partial charge in [-0.1, -0.05) is 25.1 Å². The second kappa shape index (κ2) is 8.44. The van der Waals surface area contributed by atoms with E-state index in [1.165, 1.54) is 14.9 Å². The Morgan fingerprint density at radius 1 is 0.935 bits per heavy atom. The Bertz CT molecular complexity index is 1140. The third-order valence-electron chi connectivity index (χ3n) is 5.89. The molecule has 2 aromatic rings. The first kappa shape index (κ1) is 22.1. The van der Waals surface area contributed by atoms with Gasteiger partial charge in [-0.2, -0.15) is 0 Å². The lowest BCUT2D eigenvalue weighted by Crippen LogP contribution is -2.41. The molecule has 0 N–H and O–H groups in total. The van der Waals surface area contributed by atoms with Crippen LogP contribution in [-0.4, -0.2) is 53.1 Å². The van der Waals surface area contributed by atoms with Crippen molar-refractivity contribution in [2.45, 2.75) is 37.2 Å². The Balaban J connectivity index is 1.47. The van der Waals surface area contributed by atoms with Crippen molar-refractivity contribution >= 4 is 25.7 Å². The molecule has 1 fully saturated rings. The molecule has 1 atom stereocenters. The molecule has 2 heterocycles. The summed E-state index contributed by atoms with van der Waals surface area (Å²) in [6.07, 6.45) is 3.21. The van der Waals surface area contributed by atoms with Gasteiger partial charge in [-0.3, -0.25) is 4.31 Å². The molecular formula is C22H28N2O5S2. The number of fused-ring (bicyclic) bond motifs is 1. The highest BCUT2D eigenvalue weighted by atomic mass is 32.2. The van der Waals surface area contributed by atoms with E-state index in [9.17, 15) is 16.8 Å². The monoisotopic (exact) mass is 464 g/mol. The Kier molecular flexibility index (Phi) is 6.02. The van der Waals surface area contributed by atoms with E-state index < -0.39 is 20.0 Å². The largest absolute Gasteiger partial charge is 0.490 e. The van der Waals surface area contributed by atoms with Crippen LogP contribution in [0, 0.1) is 5.92 Å². The smallest absolute Gasteiger partial charge is 0.264 e. The second-order valence-electron chi connectivity index (χ2n) is 8.42. The van der Waals surface area contributed by atoms with Gasteiger partial charge in [0.1, 0.15) is 11.9 Å². The third-order valence-corrected chi connectivity index (χ3v) is 8.99. The Morgan fingerprint density at radius 3 is 2.23 bits per heavy atom. The van der Waals surface area contributed by atoms with Crippen molar-refractivity contribution in [2.75, 3.05) is 30.2 Å². The van der Waals surface area contributed by atoms with Crippen LogP contribution in [0.4, 0.5) is 5.69 Å². The van der Waals surface area contributed by atoms with Crippen LogP contribution in [-0.2, 0) is 26.5 Å². The van der Waals surface area contributed by atoms with Crippen LogP contribution in [0.15, 0.2) is 53.4 Å². The van der Waals surface area contributed by atoms with Crippen LogP contribution in [0.5, 0.6) is 5.75 Å². The SMILES string of the molecule is CC1Cc2ccccc2N(S(=O)(=O)c2ccc(OC3CCN(S(C)(=O)=O)CC3)cc2)C1. The normalized spacial score (nSPS) is 21.0. The van der Waals surface area contributed by atoms with Crippen LogP contribution in [0.3, 0.4) is 0 Å². The van der Waals surface area contributed by atoms with E-state index in [1.807, 2.05) is 24.3 Å². The van der Waals surface area contributed by atoms with Crippen molar-refractivity contribution in [1.82, 2.24) is 4.31 Å². The minimum Gasteiger partial charge on any atom is -0.490 e. The molecule has 2 aromatic carbocycles. The van der Waals surface area contributed by atoms with Gasteiger partial charge < -0.3 is 4.74 Å². The molecule has 168 valence electrons. The molecule has 7 nitrogen and oxygen atoms in total. The molecule has 1 unspecified atom stereocenters. The average molecular weight is 465 g/mol. The summed E-state index contributed by atoms with van der Waals surface area (Å²) in [5, 5.41) is 0. The second-order valence-corrected chi connectivity index (χ2v) is 12.3. The van der Waals surface area contributed by atoms with E-state index >= 15 is 0 Å². The number of nitrogens with zero attached hydrogens (tertiary/aromatic N) is 2.